The lowest BCUT2D eigenvalue weighted by Gasteiger charge is -2.29. The summed E-state index contributed by atoms with van der Waals surface area (Å²) in [6.07, 6.45) is -4.14. The molecule has 13 amide bonds. The SMILES string of the molecule is CCCCCCC(=O)N[C@@H](CC(C)C)C(=O)C[C@H](CCC(=O)O)C(=O)N[C@H](CCC(N)=O)C(=O)C[C@@H](C(=O)N[C@H](CC(C)C)C(=O)C[C@@H](CCC(N)=O)C(=O)N[C@@H]1COC(=O)[C@H]([C@@H](C)CC)NC(=O)[C@@H](CCC(N)=O)CC(=O)[C@H](CC(C)C)NC(=O)[C@H](CC(C)C)NC(=O)[C@@H](CCC(N)=O)NC(=O)[C@@H](CC(C)C)NC(=O)[C@@H](C(C)C)CC1=O)C(C)C. The van der Waals surface area contributed by atoms with E-state index in [1.165, 1.54) is 0 Å². The fourth-order valence-corrected chi connectivity index (χ4v) is 14.2. The quantitative estimate of drug-likeness (QED) is 0.0299. The van der Waals surface area contributed by atoms with Gasteiger partial charge in [0.2, 0.25) is 76.8 Å². The summed E-state index contributed by atoms with van der Waals surface area (Å²) in [4.78, 5) is 280. The second-order valence-corrected chi connectivity index (χ2v) is 35.6. The Balaban J connectivity index is 4.27. The van der Waals surface area contributed by atoms with Gasteiger partial charge in [-0.1, -0.05) is 143 Å². The molecule has 121 heavy (non-hydrogen) atoms. The number of cyclic esters (lactones) is 1. The molecule has 0 spiro atoms. The van der Waals surface area contributed by atoms with E-state index >= 15 is 14.4 Å². The summed E-state index contributed by atoms with van der Waals surface area (Å²) in [5.74, 6) is -28.1. The van der Waals surface area contributed by atoms with Gasteiger partial charge in [0.1, 0.15) is 36.8 Å². The van der Waals surface area contributed by atoms with E-state index in [4.69, 9.17) is 27.7 Å². The van der Waals surface area contributed by atoms with Gasteiger partial charge in [-0.2, -0.15) is 0 Å². The Bertz CT molecular complexity index is 3520. The third-order valence-corrected chi connectivity index (χ3v) is 21.5. The van der Waals surface area contributed by atoms with Crippen LogP contribution in [0, 0.1) is 76.9 Å². The number of aliphatic carboxylic acids is 1. The number of carboxylic acid groups (broad SMARTS) is 1. The first-order chi connectivity index (χ1) is 56.4. The van der Waals surface area contributed by atoms with Crippen molar-refractivity contribution in [2.75, 3.05) is 6.61 Å². The van der Waals surface area contributed by atoms with Crippen molar-refractivity contribution in [1.29, 1.82) is 0 Å². The second kappa shape index (κ2) is 56.2. The number of unbranched alkanes of at least 4 members (excludes halogenated alkanes) is 3. The van der Waals surface area contributed by atoms with Crippen LogP contribution in [-0.2, 0) is 101 Å². The van der Waals surface area contributed by atoms with Gasteiger partial charge in [0.05, 0.1) is 24.2 Å². The molecule has 1 heterocycles. The molecule has 1 saturated heterocycles. The molecule has 1 aliphatic heterocycles. The molecular weight excluding hydrogens is 1570 g/mol. The van der Waals surface area contributed by atoms with E-state index < -0.39 is 304 Å². The standard InChI is InChI=1S/C86H145N13O22/c1-18-20-21-22-23-75(109)91-60(34-45(3)4)66(100)41-55(26-33-76(110)111)78(112)92-58(27-31-73(89)107)69(103)42-56(50(13)14)81(115)94-61(35-46(5)6)67(101)39-53(24-29-71(87)105)79(113)98-65-44-121-86(120)77(52(17)19-2)99-80(114)54(25-30-72(88)106)40-68(102)62(36-47(7)8)95-85(119)64(38-49(11)12)97-83(117)59(28-32-74(90)108)93-84(118)63(37-48(9)10)96-82(116)57(51(15)16)43-70(65)104/h45-65,77H,18-44H2,1-17H3,(H2,87,105)(H2,88,106)(H2,89,107)(H2,90,108)(H,91,109)(H,92,112)(H,93,118)(H,94,115)(H,95,119)(H,96,116)(H,97,117)(H,98,113)(H,99,114)(H,110,111)/t52-,53+,54-,55-,56+,57+,58+,59+,60-,61+,62-,63+,64-,65+,77-/m0/s1. The monoisotopic (exact) mass is 1710 g/mol. The molecule has 0 aromatic carbocycles. The minimum Gasteiger partial charge on any atom is -0.481 e. The molecule has 1 fully saturated rings. The molecule has 0 unspecified atom stereocenters. The number of carbonyl (C=O) groups is 20. The molecule has 0 saturated carbocycles. The van der Waals surface area contributed by atoms with Crippen molar-refractivity contribution in [2.24, 2.45) is 99.9 Å². The molecule has 0 bridgehead atoms. The number of amides is 13. The molecule has 15 atom stereocenters. The van der Waals surface area contributed by atoms with E-state index in [0.717, 1.165) is 19.3 Å². The number of ketones is 5. The van der Waals surface area contributed by atoms with Crippen LogP contribution >= 0.6 is 0 Å². The number of esters is 1. The molecule has 35 nitrogen and oxygen atoms in total. The van der Waals surface area contributed by atoms with Gasteiger partial charge in [-0.3, -0.25) is 91.1 Å². The number of rotatable bonds is 50. The molecule has 35 heteroatoms. The molecule has 1 aliphatic rings. The number of nitrogens with one attached hydrogen (secondary N) is 9. The zero-order valence-corrected chi connectivity index (χ0v) is 74.6. The fraction of sp³-hybridized carbons (Fsp3) is 0.767. The highest BCUT2D eigenvalue weighted by atomic mass is 16.5. The van der Waals surface area contributed by atoms with Gasteiger partial charge in [0.25, 0.3) is 0 Å². The maximum atomic E-state index is 15.3. The van der Waals surface area contributed by atoms with Crippen LogP contribution in [0.3, 0.4) is 0 Å². The van der Waals surface area contributed by atoms with Gasteiger partial charge in [0, 0.05) is 100 Å². The van der Waals surface area contributed by atoms with Gasteiger partial charge < -0.3 is 80.6 Å². The highest BCUT2D eigenvalue weighted by Crippen LogP contribution is 2.27. The molecule has 18 N–H and O–H groups in total. The van der Waals surface area contributed by atoms with Gasteiger partial charge in [-0.15, -0.1) is 0 Å². The summed E-state index contributed by atoms with van der Waals surface area (Å²) >= 11 is 0. The summed E-state index contributed by atoms with van der Waals surface area (Å²) in [5.41, 5.74) is 22.3. The molecular formula is C86H145N13O22. The number of hydrogen-bond donors (Lipinski definition) is 14. The van der Waals surface area contributed by atoms with Crippen LogP contribution in [0.25, 0.3) is 0 Å². The van der Waals surface area contributed by atoms with Crippen molar-refractivity contribution in [3.63, 3.8) is 0 Å². The minimum absolute atomic E-state index is 0.00741. The lowest BCUT2D eigenvalue weighted by atomic mass is 9.85. The first-order valence-corrected chi connectivity index (χ1v) is 43.3. The number of Topliss-reactive ketones (excluding diaryl/α,β-unsaturated/α-hetero) is 5. The average Bonchev–Trinajstić information content (AvgIpc) is 1.17. The van der Waals surface area contributed by atoms with E-state index in [2.05, 4.69) is 47.9 Å². The van der Waals surface area contributed by atoms with Crippen LogP contribution in [0.2, 0.25) is 0 Å². The van der Waals surface area contributed by atoms with Gasteiger partial charge in [-0.25, -0.2) is 4.79 Å². The van der Waals surface area contributed by atoms with Crippen molar-refractivity contribution in [3.05, 3.63) is 0 Å². The van der Waals surface area contributed by atoms with Crippen molar-refractivity contribution < 1.29 is 106 Å². The predicted octanol–water partition coefficient (Wildman–Crippen LogP) is 4.27. The summed E-state index contributed by atoms with van der Waals surface area (Å²) in [7, 11) is 0. The van der Waals surface area contributed by atoms with E-state index in [-0.39, 0.29) is 93.3 Å². The Kier molecular flexibility index (Phi) is 50.8. The van der Waals surface area contributed by atoms with Gasteiger partial charge >= 0.3 is 11.9 Å². The van der Waals surface area contributed by atoms with Crippen molar-refractivity contribution in [3.8, 4) is 0 Å². The number of carbonyl (C=O) groups excluding carboxylic acids is 19. The highest BCUT2D eigenvalue weighted by Gasteiger charge is 2.42. The molecule has 0 aliphatic carbocycles. The van der Waals surface area contributed by atoms with Crippen molar-refractivity contribution in [2.45, 2.75) is 339 Å². The zero-order valence-electron chi connectivity index (χ0n) is 74.6. The van der Waals surface area contributed by atoms with Crippen molar-refractivity contribution >= 4 is 118 Å². The smallest absolute Gasteiger partial charge is 0.329 e. The lowest BCUT2D eigenvalue weighted by molar-refractivity contribution is -0.152. The van der Waals surface area contributed by atoms with E-state index in [1.54, 1.807) is 96.9 Å². The molecule has 0 aromatic heterocycles. The number of primary amides is 4. The van der Waals surface area contributed by atoms with Gasteiger partial charge in [0.15, 0.2) is 28.9 Å². The van der Waals surface area contributed by atoms with Gasteiger partial charge in [-0.05, 0) is 118 Å². The number of nitrogens with two attached hydrogens (primary N) is 4. The largest absolute Gasteiger partial charge is 0.481 e. The number of carboxylic acids is 1. The van der Waals surface area contributed by atoms with E-state index in [1.807, 2.05) is 20.8 Å². The Morgan fingerprint density at radius 3 is 1.39 bits per heavy atom. The average molecular weight is 1710 g/mol. The summed E-state index contributed by atoms with van der Waals surface area (Å²) < 4.78 is 5.88. The van der Waals surface area contributed by atoms with Crippen LogP contribution in [0.15, 0.2) is 0 Å². The second-order valence-electron chi connectivity index (χ2n) is 35.6. The number of hydrogen-bond acceptors (Lipinski definition) is 21. The molecule has 1 rings (SSSR count). The van der Waals surface area contributed by atoms with E-state index in [0.29, 0.717) is 6.42 Å². The Labute approximate surface area is 713 Å². The predicted molar refractivity (Wildman–Crippen MR) is 450 cm³/mol. The Morgan fingerprint density at radius 1 is 0.446 bits per heavy atom. The summed E-state index contributed by atoms with van der Waals surface area (Å²) in [5, 5.41) is 33.8. The van der Waals surface area contributed by atoms with Crippen molar-refractivity contribution in [1.82, 2.24) is 47.9 Å². The summed E-state index contributed by atoms with van der Waals surface area (Å²) in [6.45, 7) is 28.2. The van der Waals surface area contributed by atoms with Crippen LogP contribution in [0.1, 0.15) is 285 Å². The van der Waals surface area contributed by atoms with Crippen LogP contribution < -0.4 is 70.8 Å². The number of ether oxygens (including phenoxy) is 1. The highest BCUT2D eigenvalue weighted by molar-refractivity contribution is 6.01. The molecule has 686 valence electrons. The fourth-order valence-electron chi connectivity index (χ4n) is 14.2. The third kappa shape index (κ3) is 43.6. The molecule has 0 aromatic rings. The normalized spacial score (nSPS) is 20.9. The van der Waals surface area contributed by atoms with E-state index in [9.17, 15) is 86.6 Å². The Morgan fingerprint density at radius 2 is 0.901 bits per heavy atom. The first kappa shape index (κ1) is 109. The zero-order chi connectivity index (χ0) is 92.4. The Hall–Kier alpha value is -9.60. The maximum Gasteiger partial charge on any atom is 0.329 e. The first-order valence-electron chi connectivity index (χ1n) is 43.3. The third-order valence-electron chi connectivity index (χ3n) is 21.5. The minimum atomic E-state index is -1.93. The summed E-state index contributed by atoms with van der Waals surface area (Å²) in [6, 6.07) is -13.2. The van der Waals surface area contributed by atoms with Crippen LogP contribution in [0.4, 0.5) is 0 Å². The maximum absolute atomic E-state index is 15.3. The van der Waals surface area contributed by atoms with Crippen LogP contribution in [-0.4, -0.2) is 184 Å². The topological polar surface area (TPSA) is 583 Å². The van der Waals surface area contributed by atoms with Crippen LogP contribution in [0.5, 0.6) is 0 Å². The lowest BCUT2D eigenvalue weighted by Crippen LogP contribution is -2.58. The molecule has 0 radical (unpaired) electrons.